The van der Waals surface area contributed by atoms with E-state index in [0.717, 1.165) is 5.39 Å². The summed E-state index contributed by atoms with van der Waals surface area (Å²) < 4.78 is 0.669. The molecule has 0 radical (unpaired) electrons. The molecule has 0 amide bonds. The van der Waals surface area contributed by atoms with E-state index in [0.29, 0.717) is 15.8 Å². The zero-order valence-electron chi connectivity index (χ0n) is 7.69. The van der Waals surface area contributed by atoms with Crippen LogP contribution < -0.4 is 4.73 Å². The second-order valence-corrected chi connectivity index (χ2v) is 3.13. The Bertz CT molecular complexity index is 541. The van der Waals surface area contributed by atoms with Crippen molar-refractivity contribution in [1.82, 2.24) is 0 Å². The van der Waals surface area contributed by atoms with E-state index in [1.54, 1.807) is 19.1 Å². The van der Waals surface area contributed by atoms with Crippen LogP contribution in [0.2, 0.25) is 0 Å². The Hall–Kier alpha value is -2.08. The van der Waals surface area contributed by atoms with Crippen molar-refractivity contribution in [2.75, 3.05) is 0 Å². The monoisotopic (exact) mass is 184 g/mol. The van der Waals surface area contributed by atoms with Crippen molar-refractivity contribution in [3.63, 3.8) is 0 Å². The summed E-state index contributed by atoms with van der Waals surface area (Å²) in [7, 11) is 0. The van der Waals surface area contributed by atoms with Gasteiger partial charge in [-0.2, -0.15) is 9.99 Å². The molecule has 2 aromatic rings. The van der Waals surface area contributed by atoms with Crippen molar-refractivity contribution in [3.8, 4) is 6.07 Å². The summed E-state index contributed by atoms with van der Waals surface area (Å²) in [5, 5.41) is 22.0. The minimum absolute atomic E-state index is 0.167. The van der Waals surface area contributed by atoms with E-state index in [1.165, 1.54) is 0 Å². The Labute approximate surface area is 81.4 Å². The maximum absolute atomic E-state index is 11.5. The van der Waals surface area contributed by atoms with Crippen LogP contribution in [0.25, 0.3) is 10.8 Å². The Morgan fingerprint density at radius 1 is 1.36 bits per heavy atom. The van der Waals surface area contributed by atoms with E-state index >= 15 is 0 Å². The summed E-state index contributed by atoms with van der Waals surface area (Å²) in [6.45, 7) is 1.69. The number of rotatable bonds is 0. The highest BCUT2D eigenvalue weighted by Gasteiger charge is 2.12. The molecule has 0 fully saturated rings. The van der Waals surface area contributed by atoms with Crippen molar-refractivity contribution in [3.05, 3.63) is 46.9 Å². The molecule has 14 heavy (non-hydrogen) atoms. The molecule has 0 N–H and O–H groups in total. The van der Waals surface area contributed by atoms with Crippen LogP contribution in [-0.4, -0.2) is 0 Å². The number of aromatic nitrogens is 1. The molecular formula is C11H8N2O. The van der Waals surface area contributed by atoms with Gasteiger partial charge in [0.15, 0.2) is 11.8 Å². The number of fused-ring (bicyclic) bond motifs is 1. The highest BCUT2D eigenvalue weighted by atomic mass is 16.5. The minimum atomic E-state index is 0.167. The Kier molecular flexibility index (Phi) is 1.83. The lowest BCUT2D eigenvalue weighted by Crippen LogP contribution is -2.34. The number of pyridine rings is 1. The lowest BCUT2D eigenvalue weighted by molar-refractivity contribution is -0.613. The van der Waals surface area contributed by atoms with Crippen LogP contribution in [0.3, 0.4) is 0 Å². The normalized spacial score (nSPS) is 10.0. The first-order valence-corrected chi connectivity index (χ1v) is 4.26. The standard InChI is InChI=1S/C11H8N2O/c1-8-6-9-4-2-3-5-10(9)11(7-12)13(8)14/h2-6H,1H3. The summed E-state index contributed by atoms with van der Waals surface area (Å²) in [6, 6.07) is 11.1. The van der Waals surface area contributed by atoms with Crippen molar-refractivity contribution in [1.29, 1.82) is 5.26 Å². The average Bonchev–Trinajstić information content (AvgIpc) is 2.20. The first kappa shape index (κ1) is 8.52. The summed E-state index contributed by atoms with van der Waals surface area (Å²) in [5.74, 6) is 0. The lowest BCUT2D eigenvalue weighted by Gasteiger charge is -2.04. The summed E-state index contributed by atoms with van der Waals surface area (Å²) in [5.41, 5.74) is 0.709. The van der Waals surface area contributed by atoms with E-state index < -0.39 is 0 Å². The fraction of sp³-hybridized carbons (Fsp3) is 0.0909. The molecule has 0 aliphatic carbocycles. The van der Waals surface area contributed by atoms with Crippen LogP contribution in [0, 0.1) is 23.5 Å². The number of nitrogens with zero attached hydrogens (tertiary/aromatic N) is 2. The fourth-order valence-electron chi connectivity index (χ4n) is 1.51. The second kappa shape index (κ2) is 3.00. The summed E-state index contributed by atoms with van der Waals surface area (Å²) in [6.07, 6.45) is 0. The van der Waals surface area contributed by atoms with Gasteiger partial charge in [-0.25, -0.2) is 0 Å². The third kappa shape index (κ3) is 1.09. The smallest absolute Gasteiger partial charge is 0.302 e. The Morgan fingerprint density at radius 3 is 2.79 bits per heavy atom. The topological polar surface area (TPSA) is 50.7 Å². The second-order valence-electron chi connectivity index (χ2n) is 3.13. The van der Waals surface area contributed by atoms with Crippen LogP contribution in [0.1, 0.15) is 11.4 Å². The molecule has 0 saturated carbocycles. The molecule has 3 nitrogen and oxygen atoms in total. The van der Waals surface area contributed by atoms with Crippen LogP contribution in [-0.2, 0) is 0 Å². The third-order valence-corrected chi connectivity index (χ3v) is 2.21. The molecule has 0 saturated heterocycles. The Balaban J connectivity index is 2.98. The van der Waals surface area contributed by atoms with Gasteiger partial charge in [-0.3, -0.25) is 0 Å². The van der Waals surface area contributed by atoms with Gasteiger partial charge >= 0.3 is 5.69 Å². The van der Waals surface area contributed by atoms with Crippen LogP contribution in [0.15, 0.2) is 30.3 Å². The molecule has 2 rings (SSSR count). The van der Waals surface area contributed by atoms with Crippen LogP contribution in [0.4, 0.5) is 0 Å². The van der Waals surface area contributed by atoms with Gasteiger partial charge in [0.25, 0.3) is 0 Å². The van der Waals surface area contributed by atoms with E-state index in [4.69, 9.17) is 5.26 Å². The number of aryl methyl sites for hydroxylation is 1. The molecule has 0 aliphatic rings. The predicted molar refractivity (Wildman–Crippen MR) is 52.4 cm³/mol. The van der Waals surface area contributed by atoms with Gasteiger partial charge < -0.3 is 5.21 Å². The van der Waals surface area contributed by atoms with Crippen molar-refractivity contribution in [2.24, 2.45) is 0 Å². The number of hydrogen-bond donors (Lipinski definition) is 0. The van der Waals surface area contributed by atoms with E-state index in [1.807, 2.05) is 24.3 Å². The molecule has 1 aromatic heterocycles. The maximum atomic E-state index is 11.5. The molecule has 0 spiro atoms. The van der Waals surface area contributed by atoms with Gasteiger partial charge in [0.05, 0.1) is 5.39 Å². The molecular weight excluding hydrogens is 176 g/mol. The Morgan fingerprint density at radius 2 is 2.07 bits per heavy atom. The molecule has 1 heterocycles. The zero-order chi connectivity index (χ0) is 10.1. The molecule has 0 unspecified atom stereocenters. The van der Waals surface area contributed by atoms with Gasteiger partial charge in [0.2, 0.25) is 0 Å². The van der Waals surface area contributed by atoms with Gasteiger partial charge in [0, 0.05) is 13.0 Å². The van der Waals surface area contributed by atoms with Crippen molar-refractivity contribution in [2.45, 2.75) is 6.92 Å². The first-order chi connectivity index (χ1) is 6.74. The maximum Gasteiger partial charge on any atom is 0.302 e. The van der Waals surface area contributed by atoms with Gasteiger partial charge in [-0.1, -0.05) is 18.2 Å². The van der Waals surface area contributed by atoms with Crippen molar-refractivity contribution >= 4 is 10.8 Å². The van der Waals surface area contributed by atoms with Gasteiger partial charge in [0.1, 0.15) is 0 Å². The highest BCUT2D eigenvalue weighted by molar-refractivity contribution is 5.85. The SMILES string of the molecule is Cc1cc2ccccc2c(C#N)[n+]1[O-]. The number of hydrogen-bond acceptors (Lipinski definition) is 2. The molecule has 68 valence electrons. The van der Waals surface area contributed by atoms with Crippen LogP contribution >= 0.6 is 0 Å². The predicted octanol–water partition coefficient (Wildman–Crippen LogP) is 1.65. The molecule has 1 aromatic carbocycles. The quantitative estimate of drug-likeness (QED) is 0.461. The highest BCUT2D eigenvalue weighted by Crippen LogP contribution is 2.15. The van der Waals surface area contributed by atoms with Gasteiger partial charge in [-0.05, 0) is 11.5 Å². The summed E-state index contributed by atoms with van der Waals surface area (Å²) in [4.78, 5) is 0. The molecule has 3 heteroatoms. The molecule has 0 aliphatic heterocycles. The average molecular weight is 184 g/mol. The van der Waals surface area contributed by atoms with E-state index in [9.17, 15) is 5.21 Å². The molecule has 0 atom stereocenters. The summed E-state index contributed by atoms with van der Waals surface area (Å²) >= 11 is 0. The zero-order valence-corrected chi connectivity index (χ0v) is 7.69. The van der Waals surface area contributed by atoms with Crippen LogP contribution in [0.5, 0.6) is 0 Å². The van der Waals surface area contributed by atoms with E-state index in [-0.39, 0.29) is 5.69 Å². The minimum Gasteiger partial charge on any atom is -0.618 e. The largest absolute Gasteiger partial charge is 0.618 e. The molecule has 0 bridgehead atoms. The van der Waals surface area contributed by atoms with Crippen molar-refractivity contribution < 1.29 is 4.73 Å². The number of benzene rings is 1. The lowest BCUT2D eigenvalue weighted by atomic mass is 10.1. The number of nitriles is 1. The van der Waals surface area contributed by atoms with E-state index in [2.05, 4.69) is 0 Å². The van der Waals surface area contributed by atoms with Gasteiger partial charge in [-0.15, -0.1) is 0 Å². The fourth-order valence-corrected chi connectivity index (χ4v) is 1.51. The first-order valence-electron chi connectivity index (χ1n) is 4.26. The third-order valence-electron chi connectivity index (χ3n) is 2.21.